The number of Topliss-reactive ketones (excluding diaryl/α,β-unsaturated/α-hetero) is 1. The molecule has 0 aromatic heterocycles. The molecule has 0 aromatic carbocycles. The third-order valence-corrected chi connectivity index (χ3v) is 1.20. The van der Waals surface area contributed by atoms with Crippen LogP contribution in [0.3, 0.4) is 0 Å². The maximum Gasteiger partial charge on any atom is 0.316 e. The zero-order valence-electron chi connectivity index (χ0n) is 6.14. The van der Waals surface area contributed by atoms with Crippen LogP contribution in [0.25, 0.3) is 0 Å². The number of halogens is 2. The predicted octanol–water partition coefficient (Wildman–Crippen LogP) is 0.630. The Morgan fingerprint density at radius 2 is 1.82 bits per heavy atom. The molecule has 0 saturated carbocycles. The zero-order chi connectivity index (χ0) is 9.02. The van der Waals surface area contributed by atoms with Crippen molar-refractivity contribution in [3.63, 3.8) is 0 Å². The van der Waals surface area contributed by atoms with Crippen LogP contribution in [0.15, 0.2) is 0 Å². The second-order valence-electron chi connectivity index (χ2n) is 1.95. The third kappa shape index (κ3) is 2.61. The van der Waals surface area contributed by atoms with Gasteiger partial charge in [-0.1, -0.05) is 0 Å². The molecule has 0 N–H and O–H groups in total. The SMILES string of the molecule is COC(=O)C(C)C(=O)C(F)F. The maximum atomic E-state index is 11.6. The van der Waals surface area contributed by atoms with Crippen molar-refractivity contribution in [1.82, 2.24) is 0 Å². The van der Waals surface area contributed by atoms with Crippen molar-refractivity contribution < 1.29 is 23.1 Å². The minimum Gasteiger partial charge on any atom is -0.468 e. The molecule has 0 bridgehead atoms. The van der Waals surface area contributed by atoms with Gasteiger partial charge in [0.25, 0.3) is 6.43 Å². The number of methoxy groups -OCH3 is 1. The molecule has 0 rings (SSSR count). The molecule has 1 atom stereocenters. The van der Waals surface area contributed by atoms with Crippen LogP contribution in [0, 0.1) is 5.92 Å². The Balaban J connectivity index is 4.13. The standard InChI is InChI=1S/C6H8F2O3/c1-3(6(10)11-2)4(9)5(7)8/h3,5H,1-2H3. The average molecular weight is 166 g/mol. The van der Waals surface area contributed by atoms with E-state index < -0.39 is 24.1 Å². The third-order valence-electron chi connectivity index (χ3n) is 1.20. The van der Waals surface area contributed by atoms with Gasteiger partial charge in [-0.3, -0.25) is 9.59 Å². The molecule has 0 spiro atoms. The van der Waals surface area contributed by atoms with Crippen molar-refractivity contribution in [1.29, 1.82) is 0 Å². The summed E-state index contributed by atoms with van der Waals surface area (Å²) >= 11 is 0. The minimum atomic E-state index is -3.11. The highest BCUT2D eigenvalue weighted by molar-refractivity contribution is 6.00. The number of esters is 1. The number of rotatable bonds is 3. The number of ether oxygens (including phenoxy) is 1. The Bertz CT molecular complexity index is 167. The smallest absolute Gasteiger partial charge is 0.316 e. The first-order valence-corrected chi connectivity index (χ1v) is 2.90. The van der Waals surface area contributed by atoms with Gasteiger partial charge < -0.3 is 4.74 Å². The van der Waals surface area contributed by atoms with E-state index in [2.05, 4.69) is 4.74 Å². The number of hydrogen-bond donors (Lipinski definition) is 0. The summed E-state index contributed by atoms with van der Waals surface area (Å²) in [5.41, 5.74) is 0. The van der Waals surface area contributed by atoms with Crippen LogP contribution in [0.2, 0.25) is 0 Å². The zero-order valence-corrected chi connectivity index (χ0v) is 6.14. The number of hydrogen-bond acceptors (Lipinski definition) is 3. The Kier molecular flexibility index (Phi) is 3.64. The molecule has 0 saturated heterocycles. The summed E-state index contributed by atoms with van der Waals surface area (Å²) in [4.78, 5) is 20.9. The largest absolute Gasteiger partial charge is 0.468 e. The van der Waals surface area contributed by atoms with Gasteiger partial charge in [0.05, 0.1) is 7.11 Å². The van der Waals surface area contributed by atoms with E-state index in [0.717, 1.165) is 14.0 Å². The molecule has 0 aromatic rings. The van der Waals surface area contributed by atoms with Gasteiger partial charge in [0.15, 0.2) is 0 Å². The van der Waals surface area contributed by atoms with Crippen molar-refractivity contribution >= 4 is 11.8 Å². The monoisotopic (exact) mass is 166 g/mol. The number of carbonyl (C=O) groups is 2. The summed E-state index contributed by atoms with van der Waals surface area (Å²) < 4.78 is 27.3. The Hall–Kier alpha value is -1.00. The van der Waals surface area contributed by atoms with Gasteiger partial charge in [-0.05, 0) is 6.92 Å². The average Bonchev–Trinajstić information content (AvgIpc) is 2.00. The summed E-state index contributed by atoms with van der Waals surface area (Å²) in [6.07, 6.45) is -3.11. The molecule has 1 unspecified atom stereocenters. The van der Waals surface area contributed by atoms with Gasteiger partial charge in [0.1, 0.15) is 5.92 Å². The summed E-state index contributed by atoms with van der Waals surface area (Å²) in [6.45, 7) is 1.08. The fourth-order valence-electron chi connectivity index (χ4n) is 0.482. The molecular weight excluding hydrogens is 158 g/mol. The number of alkyl halides is 2. The lowest BCUT2D eigenvalue weighted by atomic mass is 10.1. The molecule has 0 aliphatic rings. The second-order valence-corrected chi connectivity index (χ2v) is 1.95. The molecule has 0 radical (unpaired) electrons. The van der Waals surface area contributed by atoms with Gasteiger partial charge in [0.2, 0.25) is 5.78 Å². The molecule has 11 heavy (non-hydrogen) atoms. The van der Waals surface area contributed by atoms with E-state index in [0.29, 0.717) is 0 Å². The van der Waals surface area contributed by atoms with Crippen molar-refractivity contribution in [2.45, 2.75) is 13.3 Å². The van der Waals surface area contributed by atoms with Gasteiger partial charge in [-0.25, -0.2) is 8.78 Å². The number of ketones is 1. The quantitative estimate of drug-likeness (QED) is 0.456. The fourth-order valence-corrected chi connectivity index (χ4v) is 0.482. The highest BCUT2D eigenvalue weighted by Crippen LogP contribution is 2.06. The molecule has 5 heteroatoms. The van der Waals surface area contributed by atoms with Crippen LogP contribution in [0.1, 0.15) is 6.92 Å². The maximum absolute atomic E-state index is 11.6. The Morgan fingerprint density at radius 1 is 1.36 bits per heavy atom. The van der Waals surface area contributed by atoms with Crippen LogP contribution < -0.4 is 0 Å². The fraction of sp³-hybridized carbons (Fsp3) is 0.667. The highest BCUT2D eigenvalue weighted by Gasteiger charge is 2.28. The Morgan fingerprint density at radius 3 is 2.09 bits per heavy atom. The van der Waals surface area contributed by atoms with Crippen molar-refractivity contribution in [2.75, 3.05) is 7.11 Å². The lowest BCUT2D eigenvalue weighted by Crippen LogP contribution is -2.27. The molecule has 0 amide bonds. The van der Waals surface area contributed by atoms with Crippen LogP contribution >= 0.6 is 0 Å². The summed E-state index contributed by atoms with van der Waals surface area (Å²) in [7, 11) is 1.04. The van der Waals surface area contributed by atoms with E-state index in [1.54, 1.807) is 0 Å². The van der Waals surface area contributed by atoms with E-state index in [4.69, 9.17) is 0 Å². The first-order chi connectivity index (χ1) is 5.00. The second kappa shape index (κ2) is 4.00. The first-order valence-electron chi connectivity index (χ1n) is 2.90. The molecule has 0 heterocycles. The van der Waals surface area contributed by atoms with Crippen LogP contribution in [-0.4, -0.2) is 25.3 Å². The van der Waals surface area contributed by atoms with Gasteiger partial charge >= 0.3 is 5.97 Å². The summed E-state index contributed by atoms with van der Waals surface area (Å²) in [5.74, 6) is -3.72. The first kappa shape index (κ1) is 10.0. The lowest BCUT2D eigenvalue weighted by molar-refractivity contribution is -0.152. The topological polar surface area (TPSA) is 43.4 Å². The molecular formula is C6H8F2O3. The van der Waals surface area contributed by atoms with Crippen LogP contribution in [0.4, 0.5) is 8.78 Å². The van der Waals surface area contributed by atoms with E-state index in [9.17, 15) is 18.4 Å². The lowest BCUT2D eigenvalue weighted by Gasteiger charge is -2.05. The normalized spacial score (nSPS) is 12.8. The van der Waals surface area contributed by atoms with Crippen LogP contribution in [-0.2, 0) is 14.3 Å². The van der Waals surface area contributed by atoms with Crippen LogP contribution in [0.5, 0.6) is 0 Å². The molecule has 64 valence electrons. The van der Waals surface area contributed by atoms with E-state index >= 15 is 0 Å². The van der Waals surface area contributed by atoms with Crippen molar-refractivity contribution in [3.05, 3.63) is 0 Å². The van der Waals surface area contributed by atoms with E-state index in [-0.39, 0.29) is 0 Å². The highest BCUT2D eigenvalue weighted by atomic mass is 19.3. The summed E-state index contributed by atoms with van der Waals surface area (Å²) in [5, 5.41) is 0. The number of carbonyl (C=O) groups excluding carboxylic acids is 2. The minimum absolute atomic E-state index is 0.935. The van der Waals surface area contributed by atoms with Crippen molar-refractivity contribution in [3.8, 4) is 0 Å². The van der Waals surface area contributed by atoms with E-state index in [1.165, 1.54) is 0 Å². The van der Waals surface area contributed by atoms with Gasteiger partial charge in [0, 0.05) is 0 Å². The molecule has 0 aliphatic carbocycles. The Labute approximate surface area is 62.3 Å². The molecule has 0 fully saturated rings. The predicted molar refractivity (Wildman–Crippen MR) is 32.2 cm³/mol. The molecule has 3 nitrogen and oxygen atoms in total. The van der Waals surface area contributed by atoms with Crippen molar-refractivity contribution in [2.24, 2.45) is 5.92 Å². The van der Waals surface area contributed by atoms with E-state index in [1.807, 2.05) is 0 Å². The molecule has 0 aliphatic heterocycles. The summed E-state index contributed by atoms with van der Waals surface area (Å²) in [6, 6.07) is 0. The van der Waals surface area contributed by atoms with Gasteiger partial charge in [-0.2, -0.15) is 0 Å². The van der Waals surface area contributed by atoms with Gasteiger partial charge in [-0.15, -0.1) is 0 Å².